The molecule has 0 saturated carbocycles. The predicted molar refractivity (Wildman–Crippen MR) is 68.7 cm³/mol. The molecule has 1 aromatic heterocycles. The van der Waals surface area contributed by atoms with Gasteiger partial charge in [-0.3, -0.25) is 4.79 Å². The highest BCUT2D eigenvalue weighted by atomic mass is 79.9. The lowest BCUT2D eigenvalue weighted by molar-refractivity contribution is 0.0931. The fourth-order valence-electron chi connectivity index (χ4n) is 1.26. The largest absolute Gasteiger partial charge is 0.350 e. The molecule has 0 saturated heterocycles. The maximum absolute atomic E-state index is 12.6. The minimum atomic E-state index is -0.443. The Labute approximate surface area is 109 Å². The second-order valence-electron chi connectivity index (χ2n) is 4.65. The molecule has 1 aromatic rings. The van der Waals surface area contributed by atoms with Crippen molar-refractivity contribution in [2.24, 2.45) is 5.41 Å². The second-order valence-corrected chi connectivity index (χ2v) is 5.44. The number of nitrogens with zero attached hydrogens (tertiary/aromatic N) is 1. The number of rotatable bonds is 5. The molecule has 0 aromatic carbocycles. The van der Waals surface area contributed by atoms with Crippen molar-refractivity contribution in [3.8, 4) is 0 Å². The van der Waals surface area contributed by atoms with E-state index in [1.165, 1.54) is 12.1 Å². The standard InChI is InChI=1S/C12H16BrFN2O/c1-12(2,5-6-13)8-16-11(17)10-4-3-9(14)7-15-10/h3-4,7H,5-6,8H2,1-2H3,(H,16,17). The molecule has 1 heterocycles. The average molecular weight is 303 g/mol. The lowest BCUT2D eigenvalue weighted by atomic mass is 9.90. The summed E-state index contributed by atoms with van der Waals surface area (Å²) in [6.07, 6.45) is 2.00. The Morgan fingerprint density at radius 2 is 2.24 bits per heavy atom. The topological polar surface area (TPSA) is 42.0 Å². The van der Waals surface area contributed by atoms with Crippen LogP contribution in [0.5, 0.6) is 0 Å². The quantitative estimate of drug-likeness (QED) is 0.850. The Hall–Kier alpha value is -0.970. The van der Waals surface area contributed by atoms with Gasteiger partial charge in [0.15, 0.2) is 0 Å². The first-order valence-corrected chi connectivity index (χ1v) is 6.52. The zero-order valence-corrected chi connectivity index (χ0v) is 11.6. The van der Waals surface area contributed by atoms with Crippen LogP contribution in [0.25, 0.3) is 0 Å². The van der Waals surface area contributed by atoms with Gasteiger partial charge in [-0.1, -0.05) is 29.8 Å². The molecular weight excluding hydrogens is 287 g/mol. The van der Waals surface area contributed by atoms with E-state index in [4.69, 9.17) is 0 Å². The summed E-state index contributed by atoms with van der Waals surface area (Å²) in [6, 6.07) is 2.60. The average Bonchev–Trinajstić information content (AvgIpc) is 2.27. The van der Waals surface area contributed by atoms with Crippen LogP contribution < -0.4 is 5.32 Å². The lowest BCUT2D eigenvalue weighted by Gasteiger charge is -2.23. The highest BCUT2D eigenvalue weighted by Crippen LogP contribution is 2.19. The van der Waals surface area contributed by atoms with Crippen LogP contribution in [-0.4, -0.2) is 22.8 Å². The molecule has 5 heteroatoms. The summed E-state index contributed by atoms with van der Waals surface area (Å²) in [7, 11) is 0. The number of hydrogen-bond acceptors (Lipinski definition) is 2. The van der Waals surface area contributed by atoms with Crippen LogP contribution in [0.15, 0.2) is 18.3 Å². The van der Waals surface area contributed by atoms with Crippen molar-refractivity contribution in [3.05, 3.63) is 29.8 Å². The van der Waals surface area contributed by atoms with E-state index in [1.807, 2.05) is 0 Å². The van der Waals surface area contributed by atoms with E-state index in [2.05, 4.69) is 40.1 Å². The minimum absolute atomic E-state index is 0.0270. The zero-order chi connectivity index (χ0) is 12.9. The molecule has 94 valence electrons. The number of pyridine rings is 1. The molecule has 0 aliphatic heterocycles. The maximum Gasteiger partial charge on any atom is 0.269 e. The van der Waals surface area contributed by atoms with Gasteiger partial charge < -0.3 is 5.32 Å². The Kier molecular flexibility index (Phi) is 5.05. The summed E-state index contributed by atoms with van der Waals surface area (Å²) in [5, 5.41) is 3.69. The van der Waals surface area contributed by atoms with Crippen LogP contribution in [0.4, 0.5) is 4.39 Å². The van der Waals surface area contributed by atoms with Crippen LogP contribution >= 0.6 is 15.9 Å². The molecule has 0 aliphatic carbocycles. The van der Waals surface area contributed by atoms with Gasteiger partial charge in [-0.25, -0.2) is 9.37 Å². The van der Waals surface area contributed by atoms with E-state index < -0.39 is 5.82 Å². The van der Waals surface area contributed by atoms with Crippen LogP contribution in [0, 0.1) is 11.2 Å². The highest BCUT2D eigenvalue weighted by molar-refractivity contribution is 9.09. The minimum Gasteiger partial charge on any atom is -0.350 e. The second kappa shape index (κ2) is 6.10. The van der Waals surface area contributed by atoms with Crippen molar-refractivity contribution in [3.63, 3.8) is 0 Å². The summed E-state index contributed by atoms with van der Waals surface area (Å²) in [5.74, 6) is -0.714. The maximum atomic E-state index is 12.6. The van der Waals surface area contributed by atoms with Gasteiger partial charge in [-0.05, 0) is 24.0 Å². The van der Waals surface area contributed by atoms with Gasteiger partial charge in [0.1, 0.15) is 11.5 Å². The van der Waals surface area contributed by atoms with Gasteiger partial charge in [-0.15, -0.1) is 0 Å². The normalized spacial score (nSPS) is 11.3. The summed E-state index contributed by atoms with van der Waals surface area (Å²) in [4.78, 5) is 15.4. The molecule has 0 spiro atoms. The Balaban J connectivity index is 2.53. The van der Waals surface area contributed by atoms with Crippen LogP contribution in [0.3, 0.4) is 0 Å². The molecule has 0 radical (unpaired) electrons. The summed E-state index contributed by atoms with van der Waals surface area (Å²) in [5.41, 5.74) is 0.264. The number of amides is 1. The first kappa shape index (κ1) is 14.1. The summed E-state index contributed by atoms with van der Waals surface area (Å²) >= 11 is 3.38. The first-order chi connectivity index (χ1) is 7.94. The van der Waals surface area contributed by atoms with Crippen molar-refractivity contribution in [2.45, 2.75) is 20.3 Å². The molecule has 17 heavy (non-hydrogen) atoms. The zero-order valence-electron chi connectivity index (χ0n) is 9.96. The lowest BCUT2D eigenvalue weighted by Crippen LogP contribution is -2.34. The molecule has 1 N–H and O–H groups in total. The molecule has 0 aliphatic rings. The van der Waals surface area contributed by atoms with Crippen molar-refractivity contribution >= 4 is 21.8 Å². The van der Waals surface area contributed by atoms with Crippen molar-refractivity contribution in [1.82, 2.24) is 10.3 Å². The van der Waals surface area contributed by atoms with E-state index in [0.717, 1.165) is 17.9 Å². The van der Waals surface area contributed by atoms with E-state index in [-0.39, 0.29) is 17.0 Å². The van der Waals surface area contributed by atoms with Crippen LogP contribution in [-0.2, 0) is 0 Å². The molecule has 0 fully saturated rings. The molecule has 0 unspecified atom stereocenters. The SMILES string of the molecule is CC(C)(CCBr)CNC(=O)c1ccc(F)cn1. The van der Waals surface area contributed by atoms with E-state index in [1.54, 1.807) is 0 Å². The molecule has 0 bridgehead atoms. The smallest absolute Gasteiger partial charge is 0.269 e. The number of halogens is 2. The van der Waals surface area contributed by atoms with E-state index in [9.17, 15) is 9.18 Å². The third kappa shape index (κ3) is 4.81. The summed E-state index contributed by atoms with van der Waals surface area (Å²) < 4.78 is 12.6. The van der Waals surface area contributed by atoms with Gasteiger partial charge in [0.25, 0.3) is 5.91 Å². The van der Waals surface area contributed by atoms with Crippen molar-refractivity contribution in [1.29, 1.82) is 0 Å². The number of nitrogens with one attached hydrogen (secondary N) is 1. The first-order valence-electron chi connectivity index (χ1n) is 5.40. The number of alkyl halides is 1. The van der Waals surface area contributed by atoms with Crippen molar-refractivity contribution < 1.29 is 9.18 Å². The van der Waals surface area contributed by atoms with Crippen LogP contribution in [0.1, 0.15) is 30.8 Å². The number of hydrogen-bond donors (Lipinski definition) is 1. The van der Waals surface area contributed by atoms with E-state index in [0.29, 0.717) is 6.54 Å². The fourth-order valence-corrected chi connectivity index (χ4v) is 2.34. The summed E-state index contributed by atoms with van der Waals surface area (Å²) in [6.45, 7) is 4.72. The monoisotopic (exact) mass is 302 g/mol. The molecule has 1 amide bonds. The van der Waals surface area contributed by atoms with Gasteiger partial charge in [-0.2, -0.15) is 0 Å². The van der Waals surface area contributed by atoms with Gasteiger partial charge >= 0.3 is 0 Å². The Morgan fingerprint density at radius 1 is 1.53 bits per heavy atom. The van der Waals surface area contributed by atoms with Crippen molar-refractivity contribution in [2.75, 3.05) is 11.9 Å². The van der Waals surface area contributed by atoms with Gasteiger partial charge in [0.2, 0.25) is 0 Å². The van der Waals surface area contributed by atoms with E-state index >= 15 is 0 Å². The Bertz CT molecular complexity index is 379. The third-order valence-corrected chi connectivity index (χ3v) is 2.86. The highest BCUT2D eigenvalue weighted by Gasteiger charge is 2.18. The number of carbonyl (C=O) groups excluding carboxylic acids is 1. The van der Waals surface area contributed by atoms with Gasteiger partial charge in [0, 0.05) is 11.9 Å². The number of carbonyl (C=O) groups is 1. The number of aromatic nitrogens is 1. The predicted octanol–water partition coefficient (Wildman–Crippen LogP) is 2.76. The third-order valence-electron chi connectivity index (χ3n) is 2.46. The van der Waals surface area contributed by atoms with Gasteiger partial charge in [0.05, 0.1) is 6.20 Å². The van der Waals surface area contributed by atoms with Crippen LogP contribution in [0.2, 0.25) is 0 Å². The molecule has 0 atom stereocenters. The fraction of sp³-hybridized carbons (Fsp3) is 0.500. The molecular formula is C12H16BrFN2O. The Morgan fingerprint density at radius 3 is 2.76 bits per heavy atom. The molecule has 1 rings (SSSR count). The molecule has 3 nitrogen and oxygen atoms in total.